The van der Waals surface area contributed by atoms with E-state index < -0.39 is 5.54 Å². The number of amides is 1. The summed E-state index contributed by atoms with van der Waals surface area (Å²) >= 11 is 0. The molecule has 6 heteroatoms. The number of guanidine groups is 1. The van der Waals surface area contributed by atoms with Crippen LogP contribution < -0.4 is 10.5 Å². The van der Waals surface area contributed by atoms with Crippen LogP contribution in [-0.4, -0.2) is 30.4 Å². The van der Waals surface area contributed by atoms with Gasteiger partial charge in [-0.05, 0) is 42.5 Å². The summed E-state index contributed by atoms with van der Waals surface area (Å²) in [7, 11) is 1.66. The van der Waals surface area contributed by atoms with Crippen LogP contribution in [0, 0.1) is 0 Å². The Labute approximate surface area is 165 Å². The summed E-state index contributed by atoms with van der Waals surface area (Å²) in [6, 6.07) is 14.5. The Morgan fingerprint density at radius 3 is 2.78 bits per heavy atom. The molecule has 2 N–H and O–H groups in total. The normalized spacial score (nSPS) is 21.6. The smallest absolute Gasteiger partial charge is 0.231 e. The number of ether oxygens (including phenoxy) is 1. The molecule has 1 unspecified atom stereocenters. The van der Waals surface area contributed by atoms with Gasteiger partial charge in [0, 0.05) is 12.6 Å². The number of nitrogens with two attached hydrogens (primary N) is 1. The van der Waals surface area contributed by atoms with Crippen molar-refractivity contribution in [2.24, 2.45) is 10.7 Å². The fraction of sp³-hybridized carbons (Fsp3) is 0.333. The van der Waals surface area contributed by atoms with Gasteiger partial charge >= 0.3 is 0 Å². The molecule has 0 saturated carbocycles. The molecule has 2 aliphatic rings. The maximum absolute atomic E-state index is 12.3. The Hall–Kier alpha value is -2.53. The third-order valence-corrected chi connectivity index (χ3v) is 5.30. The molecule has 0 spiro atoms. The van der Waals surface area contributed by atoms with E-state index >= 15 is 0 Å². The summed E-state index contributed by atoms with van der Waals surface area (Å²) in [6.45, 7) is 2.71. The van der Waals surface area contributed by atoms with Gasteiger partial charge in [-0.3, -0.25) is 9.69 Å². The molecule has 0 saturated heterocycles. The maximum Gasteiger partial charge on any atom is 0.231 e. The Morgan fingerprint density at radius 1 is 1.22 bits per heavy atom. The fourth-order valence-corrected chi connectivity index (χ4v) is 3.71. The largest absolute Gasteiger partial charge is 0.493 e. The summed E-state index contributed by atoms with van der Waals surface area (Å²) in [5.74, 6) is 1.21. The van der Waals surface area contributed by atoms with E-state index in [-0.39, 0.29) is 24.3 Å². The monoisotopic (exact) mass is 385 g/mol. The maximum atomic E-state index is 12.3. The predicted molar refractivity (Wildman–Crippen MR) is 109 cm³/mol. The number of carbonyl (C=O) groups is 1. The van der Waals surface area contributed by atoms with Crippen LogP contribution in [0.5, 0.6) is 5.75 Å². The highest BCUT2D eigenvalue weighted by Gasteiger charge is 2.36. The van der Waals surface area contributed by atoms with E-state index in [9.17, 15) is 4.79 Å². The van der Waals surface area contributed by atoms with Crippen LogP contribution in [0.4, 0.5) is 0 Å². The number of rotatable bonds is 2. The lowest BCUT2D eigenvalue weighted by Crippen LogP contribution is -2.47. The molecule has 0 aliphatic carbocycles. The first-order valence-corrected chi connectivity index (χ1v) is 8.95. The van der Waals surface area contributed by atoms with Crippen LogP contribution >= 0.6 is 12.4 Å². The fourth-order valence-electron chi connectivity index (χ4n) is 3.71. The van der Waals surface area contributed by atoms with Crippen molar-refractivity contribution in [1.29, 1.82) is 0 Å². The van der Waals surface area contributed by atoms with Crippen LogP contribution in [0.25, 0.3) is 11.1 Å². The van der Waals surface area contributed by atoms with E-state index in [1.807, 2.05) is 19.1 Å². The Bertz CT molecular complexity index is 912. The van der Waals surface area contributed by atoms with Crippen LogP contribution in [0.3, 0.4) is 0 Å². The van der Waals surface area contributed by atoms with E-state index in [0.29, 0.717) is 6.42 Å². The Morgan fingerprint density at radius 2 is 2.00 bits per heavy atom. The second-order valence-corrected chi connectivity index (χ2v) is 7.20. The van der Waals surface area contributed by atoms with E-state index in [0.717, 1.165) is 41.9 Å². The minimum Gasteiger partial charge on any atom is -0.493 e. The number of carbonyl (C=O) groups excluding carboxylic acids is 1. The first-order valence-electron chi connectivity index (χ1n) is 8.95. The van der Waals surface area contributed by atoms with E-state index in [1.165, 1.54) is 10.5 Å². The van der Waals surface area contributed by atoms with Gasteiger partial charge in [0.05, 0.1) is 18.6 Å². The summed E-state index contributed by atoms with van der Waals surface area (Å²) in [4.78, 5) is 18.3. The summed E-state index contributed by atoms with van der Waals surface area (Å²) in [5.41, 5.74) is 9.69. The van der Waals surface area contributed by atoms with Gasteiger partial charge in [0.1, 0.15) is 5.75 Å². The molecule has 1 atom stereocenters. The lowest BCUT2D eigenvalue weighted by Gasteiger charge is -2.34. The highest BCUT2D eigenvalue weighted by Crippen LogP contribution is 2.39. The number of nitrogens with zero attached hydrogens (tertiary/aromatic N) is 2. The minimum absolute atomic E-state index is 0. The van der Waals surface area contributed by atoms with Gasteiger partial charge in [0.25, 0.3) is 0 Å². The summed E-state index contributed by atoms with van der Waals surface area (Å²) < 4.78 is 5.96. The summed E-state index contributed by atoms with van der Waals surface area (Å²) in [5, 5.41) is 0. The number of aliphatic imine (C=N–C) groups is 1. The van der Waals surface area contributed by atoms with E-state index in [4.69, 9.17) is 10.5 Å². The van der Waals surface area contributed by atoms with Gasteiger partial charge in [-0.2, -0.15) is 0 Å². The van der Waals surface area contributed by atoms with Gasteiger partial charge in [-0.15, -0.1) is 12.4 Å². The molecule has 142 valence electrons. The number of benzene rings is 2. The number of fused-ring (bicyclic) bond motifs is 1. The van der Waals surface area contributed by atoms with Crippen molar-refractivity contribution in [2.45, 2.75) is 31.7 Å². The van der Waals surface area contributed by atoms with Crippen LogP contribution in [0.2, 0.25) is 0 Å². The zero-order valence-electron chi connectivity index (χ0n) is 15.6. The number of halogens is 1. The van der Waals surface area contributed by atoms with Crippen molar-refractivity contribution < 1.29 is 9.53 Å². The average molecular weight is 386 g/mol. The molecular formula is C21H24ClN3O2. The molecule has 0 fully saturated rings. The number of para-hydroxylation sites is 1. The predicted octanol–water partition coefficient (Wildman–Crippen LogP) is 3.49. The average Bonchev–Trinajstić information content (AvgIpc) is 2.66. The zero-order chi connectivity index (χ0) is 18.3. The van der Waals surface area contributed by atoms with Crippen LogP contribution in [0.15, 0.2) is 47.5 Å². The molecule has 5 nitrogen and oxygen atoms in total. The quantitative estimate of drug-likeness (QED) is 0.860. The number of hydrogen-bond donors (Lipinski definition) is 1. The first-order chi connectivity index (χ1) is 12.5. The van der Waals surface area contributed by atoms with Crippen LogP contribution in [-0.2, 0) is 16.8 Å². The molecule has 2 heterocycles. The Balaban J connectivity index is 0.00000210. The van der Waals surface area contributed by atoms with Crippen molar-refractivity contribution in [3.63, 3.8) is 0 Å². The molecule has 0 aromatic heterocycles. The van der Waals surface area contributed by atoms with Crippen molar-refractivity contribution in [3.05, 3.63) is 53.6 Å². The second kappa shape index (κ2) is 7.24. The van der Waals surface area contributed by atoms with Crippen molar-refractivity contribution >= 4 is 24.3 Å². The molecule has 0 radical (unpaired) electrons. The molecule has 2 aromatic carbocycles. The molecular weight excluding hydrogens is 362 g/mol. The molecule has 1 amide bonds. The van der Waals surface area contributed by atoms with E-state index in [1.54, 1.807) is 7.05 Å². The van der Waals surface area contributed by atoms with Gasteiger partial charge in [0.2, 0.25) is 5.91 Å². The van der Waals surface area contributed by atoms with Gasteiger partial charge in [-0.1, -0.05) is 36.4 Å². The first kappa shape index (κ1) is 19.2. The molecule has 27 heavy (non-hydrogen) atoms. The van der Waals surface area contributed by atoms with Gasteiger partial charge in [-0.25, -0.2) is 4.99 Å². The SMILES string of the molecule is CN1C(=O)CC(C)(c2cccc(-c3cccc4c3OCCC4)c2)N=C1N.Cl. The standard InChI is InChI=1S/C21H23N3O2.ClH/c1-21(13-18(25)24(2)20(22)23-21)16-9-3-7-15(12-16)17-10-4-6-14-8-5-11-26-19(14)17;/h3-4,6-7,9-10,12H,5,8,11,13H2,1-2H3,(H2,22,23);1H. The van der Waals surface area contributed by atoms with E-state index in [2.05, 4.69) is 35.3 Å². The molecule has 4 rings (SSSR count). The molecule has 0 bridgehead atoms. The van der Waals surface area contributed by atoms with Crippen molar-refractivity contribution in [2.75, 3.05) is 13.7 Å². The number of aryl methyl sites for hydroxylation is 1. The highest BCUT2D eigenvalue weighted by atomic mass is 35.5. The van der Waals surface area contributed by atoms with Gasteiger partial charge in [0.15, 0.2) is 5.96 Å². The topological polar surface area (TPSA) is 67.9 Å². The summed E-state index contributed by atoms with van der Waals surface area (Å²) in [6.07, 6.45) is 2.40. The third kappa shape index (κ3) is 3.39. The lowest BCUT2D eigenvalue weighted by molar-refractivity contribution is -0.128. The highest BCUT2D eigenvalue weighted by molar-refractivity contribution is 5.98. The Kier molecular flexibility index (Phi) is 5.16. The second-order valence-electron chi connectivity index (χ2n) is 7.20. The molecule has 2 aromatic rings. The zero-order valence-corrected chi connectivity index (χ0v) is 16.4. The number of hydrogen-bond acceptors (Lipinski definition) is 4. The van der Waals surface area contributed by atoms with Gasteiger partial charge < -0.3 is 10.5 Å². The molecule has 2 aliphatic heterocycles. The van der Waals surface area contributed by atoms with Crippen molar-refractivity contribution in [3.8, 4) is 16.9 Å². The van der Waals surface area contributed by atoms with Crippen molar-refractivity contribution in [1.82, 2.24) is 4.90 Å². The lowest BCUT2D eigenvalue weighted by atomic mass is 9.85. The van der Waals surface area contributed by atoms with Crippen LogP contribution in [0.1, 0.15) is 30.9 Å². The third-order valence-electron chi connectivity index (χ3n) is 5.30. The minimum atomic E-state index is -0.653.